The Balaban J connectivity index is 4.47. The molecule has 0 fully saturated rings. The Bertz CT molecular complexity index is 1640. The molecule has 0 aliphatic carbocycles. The first-order valence-corrected chi connectivity index (χ1v) is 29.8. The van der Waals surface area contributed by atoms with Gasteiger partial charge in [-0.2, -0.15) is 0 Å². The number of hydrogen-bond donors (Lipinski definition) is 0. The Kier molecular flexibility index (Phi) is 57.0. The summed E-state index contributed by atoms with van der Waals surface area (Å²) in [7, 11) is 0. The highest BCUT2D eigenvalue weighted by Gasteiger charge is 2.19. The average molecular weight is 1020 g/mol. The van der Waals surface area contributed by atoms with Gasteiger partial charge in [0.1, 0.15) is 13.2 Å². The van der Waals surface area contributed by atoms with Gasteiger partial charge in [0, 0.05) is 19.3 Å². The van der Waals surface area contributed by atoms with Gasteiger partial charge in [0.2, 0.25) is 0 Å². The van der Waals surface area contributed by atoms with E-state index in [-0.39, 0.29) is 31.1 Å². The molecular formula is C68H108O6. The molecule has 416 valence electrons. The van der Waals surface area contributed by atoms with Crippen molar-refractivity contribution in [1.82, 2.24) is 0 Å². The molecule has 1 unspecified atom stereocenters. The first-order chi connectivity index (χ1) is 36.5. The van der Waals surface area contributed by atoms with Crippen LogP contribution < -0.4 is 0 Å². The average Bonchev–Trinajstić information content (AvgIpc) is 3.40. The highest BCUT2D eigenvalue weighted by molar-refractivity contribution is 5.71. The molecule has 0 saturated heterocycles. The highest BCUT2D eigenvalue weighted by Crippen LogP contribution is 2.13. The lowest BCUT2D eigenvalue weighted by Gasteiger charge is -2.18. The quantitative estimate of drug-likeness (QED) is 0.0261. The molecule has 0 amide bonds. The molecule has 0 heterocycles. The maximum absolute atomic E-state index is 12.9. The molecule has 74 heavy (non-hydrogen) atoms. The van der Waals surface area contributed by atoms with Crippen molar-refractivity contribution < 1.29 is 28.6 Å². The fourth-order valence-electron chi connectivity index (χ4n) is 7.64. The summed E-state index contributed by atoms with van der Waals surface area (Å²) in [6.45, 7) is 6.33. The van der Waals surface area contributed by atoms with Gasteiger partial charge >= 0.3 is 17.9 Å². The summed E-state index contributed by atoms with van der Waals surface area (Å²) in [6.07, 6.45) is 86.9. The van der Waals surface area contributed by atoms with Crippen LogP contribution in [0.25, 0.3) is 0 Å². The predicted molar refractivity (Wildman–Crippen MR) is 320 cm³/mol. The topological polar surface area (TPSA) is 78.9 Å². The van der Waals surface area contributed by atoms with Crippen LogP contribution in [0, 0.1) is 0 Å². The standard InChI is InChI=1S/C68H108O6/c1-4-7-10-13-16-19-22-25-27-29-31-32-33-34-35-36-38-39-41-43-46-49-52-55-58-61-67(70)73-64-65(63-72-66(69)60-57-54-51-48-45-24-21-18-15-12-9-6-3)74-68(71)62-59-56-53-50-47-44-42-40-37-30-28-26-23-20-17-14-11-8-5-2/h7-8,10-11,16-21,25-28,31-32,34-35,37-40,43,46,65H,4-6,9,12-15,22-24,29-30,33,36,41-42,44-45,47-64H2,1-3H3/b10-7-,11-8-,19-16-,20-17-,21-18-,27-25-,28-26-,32-31-,35-34-,39-38-,40-37-,46-43-. The van der Waals surface area contributed by atoms with E-state index < -0.39 is 6.10 Å². The second-order valence-electron chi connectivity index (χ2n) is 19.1. The summed E-state index contributed by atoms with van der Waals surface area (Å²) < 4.78 is 16.8. The van der Waals surface area contributed by atoms with Gasteiger partial charge in [-0.1, -0.05) is 231 Å². The van der Waals surface area contributed by atoms with Gasteiger partial charge < -0.3 is 14.2 Å². The third-order valence-electron chi connectivity index (χ3n) is 12.1. The minimum Gasteiger partial charge on any atom is -0.462 e. The van der Waals surface area contributed by atoms with Crippen LogP contribution in [0.1, 0.15) is 245 Å². The van der Waals surface area contributed by atoms with Crippen molar-refractivity contribution >= 4 is 17.9 Å². The van der Waals surface area contributed by atoms with Crippen molar-refractivity contribution in [2.24, 2.45) is 0 Å². The third kappa shape index (κ3) is 58.2. The molecule has 6 heteroatoms. The van der Waals surface area contributed by atoms with Crippen molar-refractivity contribution in [3.8, 4) is 0 Å². The summed E-state index contributed by atoms with van der Waals surface area (Å²) >= 11 is 0. The van der Waals surface area contributed by atoms with E-state index in [2.05, 4.69) is 167 Å². The van der Waals surface area contributed by atoms with E-state index in [9.17, 15) is 14.4 Å². The summed E-state index contributed by atoms with van der Waals surface area (Å²) in [5.41, 5.74) is 0. The number of carbonyl (C=O) groups is 3. The Labute approximate surface area is 455 Å². The van der Waals surface area contributed by atoms with Crippen molar-refractivity contribution in [2.75, 3.05) is 13.2 Å². The zero-order chi connectivity index (χ0) is 53.6. The second kappa shape index (κ2) is 60.8. The fraction of sp³-hybridized carbons (Fsp3) is 0.603. The SMILES string of the molecule is CC/C=C\C/C=C\C/C=C\C/C=C\C/C=C\C/C=C\C/C=C\CCCCCC(=O)OCC(COC(=O)CCCCCCC/C=C\CCCCC)OC(=O)CCCCCCCC/C=C\C/C=C\C/C=C\C/C=C\CC. The normalized spacial score (nSPS) is 13.2. The molecule has 0 aromatic heterocycles. The second-order valence-corrected chi connectivity index (χ2v) is 19.1. The number of carbonyl (C=O) groups excluding carboxylic acids is 3. The minimum absolute atomic E-state index is 0.105. The fourth-order valence-corrected chi connectivity index (χ4v) is 7.64. The van der Waals surface area contributed by atoms with Crippen LogP contribution in [-0.2, 0) is 28.6 Å². The molecule has 0 spiro atoms. The maximum atomic E-state index is 12.9. The monoisotopic (exact) mass is 1020 g/mol. The molecule has 0 radical (unpaired) electrons. The van der Waals surface area contributed by atoms with Crippen LogP contribution in [0.5, 0.6) is 0 Å². The molecule has 0 bridgehead atoms. The molecule has 0 rings (SSSR count). The van der Waals surface area contributed by atoms with Crippen LogP contribution in [0.2, 0.25) is 0 Å². The van der Waals surface area contributed by atoms with Crippen molar-refractivity contribution in [3.63, 3.8) is 0 Å². The summed E-state index contributed by atoms with van der Waals surface area (Å²) in [4.78, 5) is 38.2. The van der Waals surface area contributed by atoms with E-state index in [0.717, 1.165) is 161 Å². The first-order valence-electron chi connectivity index (χ1n) is 29.8. The summed E-state index contributed by atoms with van der Waals surface area (Å²) in [5.74, 6) is -0.966. The first kappa shape index (κ1) is 69.3. The molecule has 0 N–H and O–H groups in total. The molecule has 0 saturated carbocycles. The molecular weight excluding hydrogens is 913 g/mol. The van der Waals surface area contributed by atoms with Gasteiger partial charge in [0.05, 0.1) is 0 Å². The van der Waals surface area contributed by atoms with E-state index in [1.165, 1.54) is 44.9 Å². The van der Waals surface area contributed by atoms with Crippen molar-refractivity contribution in [3.05, 3.63) is 146 Å². The maximum Gasteiger partial charge on any atom is 0.306 e. The van der Waals surface area contributed by atoms with Crippen LogP contribution in [-0.4, -0.2) is 37.2 Å². The lowest BCUT2D eigenvalue weighted by Crippen LogP contribution is -2.30. The van der Waals surface area contributed by atoms with E-state index in [0.29, 0.717) is 19.3 Å². The van der Waals surface area contributed by atoms with Gasteiger partial charge in [-0.25, -0.2) is 0 Å². The molecule has 0 aromatic carbocycles. The van der Waals surface area contributed by atoms with Crippen LogP contribution in [0.3, 0.4) is 0 Å². The number of esters is 3. The van der Waals surface area contributed by atoms with Gasteiger partial charge in [-0.15, -0.1) is 0 Å². The third-order valence-corrected chi connectivity index (χ3v) is 12.1. The molecule has 0 aliphatic heterocycles. The summed E-state index contributed by atoms with van der Waals surface area (Å²) in [6, 6.07) is 0. The van der Waals surface area contributed by atoms with E-state index >= 15 is 0 Å². The Morgan fingerprint density at radius 2 is 0.527 bits per heavy atom. The molecule has 6 nitrogen and oxygen atoms in total. The van der Waals surface area contributed by atoms with Gasteiger partial charge in [-0.05, 0) is 141 Å². The Hall–Kier alpha value is -4.71. The van der Waals surface area contributed by atoms with Crippen LogP contribution >= 0.6 is 0 Å². The number of allylic oxidation sites excluding steroid dienone is 24. The predicted octanol–water partition coefficient (Wildman–Crippen LogP) is 20.4. The number of hydrogen-bond acceptors (Lipinski definition) is 6. The smallest absolute Gasteiger partial charge is 0.306 e. The molecule has 0 aromatic rings. The zero-order valence-corrected chi connectivity index (χ0v) is 47.5. The van der Waals surface area contributed by atoms with Gasteiger partial charge in [0.15, 0.2) is 6.10 Å². The minimum atomic E-state index is -0.810. The van der Waals surface area contributed by atoms with E-state index in [1.807, 2.05) is 0 Å². The van der Waals surface area contributed by atoms with E-state index in [1.54, 1.807) is 0 Å². The highest BCUT2D eigenvalue weighted by atomic mass is 16.6. The Morgan fingerprint density at radius 1 is 0.284 bits per heavy atom. The number of ether oxygens (including phenoxy) is 3. The lowest BCUT2D eigenvalue weighted by atomic mass is 10.1. The molecule has 0 aliphatic rings. The lowest BCUT2D eigenvalue weighted by molar-refractivity contribution is -0.167. The van der Waals surface area contributed by atoms with Crippen LogP contribution in [0.15, 0.2) is 146 Å². The Morgan fingerprint density at radius 3 is 0.851 bits per heavy atom. The largest absolute Gasteiger partial charge is 0.462 e. The van der Waals surface area contributed by atoms with Crippen molar-refractivity contribution in [1.29, 1.82) is 0 Å². The van der Waals surface area contributed by atoms with Gasteiger partial charge in [-0.3, -0.25) is 14.4 Å². The molecule has 1 atom stereocenters. The van der Waals surface area contributed by atoms with E-state index in [4.69, 9.17) is 14.2 Å². The number of unbranched alkanes of at least 4 members (excludes halogenated alkanes) is 17. The van der Waals surface area contributed by atoms with Crippen molar-refractivity contribution in [2.45, 2.75) is 252 Å². The zero-order valence-electron chi connectivity index (χ0n) is 47.5. The summed E-state index contributed by atoms with van der Waals surface area (Å²) in [5, 5.41) is 0. The van der Waals surface area contributed by atoms with Crippen LogP contribution in [0.4, 0.5) is 0 Å². The number of rotatable bonds is 52. The van der Waals surface area contributed by atoms with Gasteiger partial charge in [0.25, 0.3) is 0 Å².